The molecule has 1 saturated heterocycles. The van der Waals surface area contributed by atoms with E-state index in [0.717, 1.165) is 25.1 Å². The summed E-state index contributed by atoms with van der Waals surface area (Å²) in [5.74, 6) is -0.139. The Kier molecular flexibility index (Phi) is 6.36. The van der Waals surface area contributed by atoms with E-state index in [1.165, 1.54) is 11.6 Å². The number of carbonyl (C=O) groups excluding carboxylic acids is 1. The van der Waals surface area contributed by atoms with Crippen molar-refractivity contribution in [3.63, 3.8) is 0 Å². The number of likely N-dealkylation sites (tertiary alicyclic amines) is 1. The molecule has 1 amide bonds. The summed E-state index contributed by atoms with van der Waals surface area (Å²) in [6.07, 6.45) is 0.758. The van der Waals surface area contributed by atoms with Crippen molar-refractivity contribution in [1.82, 2.24) is 15.5 Å². The Hall–Kier alpha value is -2.24. The fourth-order valence-corrected chi connectivity index (χ4v) is 3.52. The second-order valence-electron chi connectivity index (χ2n) is 6.77. The normalized spacial score (nSPS) is 20.2. The smallest absolute Gasteiger partial charge is 0.237 e. The van der Waals surface area contributed by atoms with E-state index < -0.39 is 0 Å². The summed E-state index contributed by atoms with van der Waals surface area (Å²) in [6.45, 7) is 4.72. The summed E-state index contributed by atoms with van der Waals surface area (Å²) in [6, 6.07) is 16.9. The zero-order chi connectivity index (χ0) is 18.4. The lowest BCUT2D eigenvalue weighted by atomic mass is 10.1. The van der Waals surface area contributed by atoms with Gasteiger partial charge in [-0.25, -0.2) is 4.39 Å². The Labute approximate surface area is 154 Å². The Morgan fingerprint density at radius 1 is 1.15 bits per heavy atom. The molecule has 0 aliphatic carbocycles. The molecule has 0 spiro atoms. The summed E-state index contributed by atoms with van der Waals surface area (Å²) in [5, 5.41) is 6.43. The Balaban J connectivity index is 1.64. The van der Waals surface area contributed by atoms with Gasteiger partial charge < -0.3 is 10.6 Å². The van der Waals surface area contributed by atoms with Crippen molar-refractivity contribution >= 4 is 5.91 Å². The van der Waals surface area contributed by atoms with E-state index in [-0.39, 0.29) is 23.8 Å². The van der Waals surface area contributed by atoms with Crippen LogP contribution in [-0.4, -0.2) is 36.0 Å². The number of benzene rings is 2. The van der Waals surface area contributed by atoms with Gasteiger partial charge in [0.2, 0.25) is 5.91 Å². The van der Waals surface area contributed by atoms with Crippen LogP contribution in [0.2, 0.25) is 0 Å². The van der Waals surface area contributed by atoms with Crippen molar-refractivity contribution in [2.24, 2.45) is 0 Å². The summed E-state index contributed by atoms with van der Waals surface area (Å²) in [7, 11) is 0. The van der Waals surface area contributed by atoms with Crippen LogP contribution in [0.15, 0.2) is 54.6 Å². The topological polar surface area (TPSA) is 44.4 Å². The van der Waals surface area contributed by atoms with Crippen LogP contribution in [0, 0.1) is 5.82 Å². The van der Waals surface area contributed by atoms with Crippen LogP contribution in [0.1, 0.15) is 24.5 Å². The molecule has 0 unspecified atom stereocenters. The number of rotatable bonds is 7. The van der Waals surface area contributed by atoms with Crippen LogP contribution in [-0.2, 0) is 17.9 Å². The molecule has 3 rings (SSSR count). The highest BCUT2D eigenvalue weighted by Gasteiger charge is 2.36. The molecule has 0 bridgehead atoms. The first kappa shape index (κ1) is 18.5. The molecule has 0 saturated carbocycles. The molecule has 5 heteroatoms. The SMILES string of the molecule is CCNC(=O)[C@@H]1C[C@@H](NCc2cccc(F)c2)CN1Cc1ccccc1. The van der Waals surface area contributed by atoms with E-state index in [1.54, 1.807) is 12.1 Å². The maximum Gasteiger partial charge on any atom is 0.237 e. The predicted octanol–water partition coefficient (Wildman–Crippen LogP) is 2.69. The predicted molar refractivity (Wildman–Crippen MR) is 101 cm³/mol. The van der Waals surface area contributed by atoms with Crippen LogP contribution >= 0.6 is 0 Å². The third kappa shape index (κ3) is 4.90. The maximum atomic E-state index is 13.3. The van der Waals surface area contributed by atoms with Crippen LogP contribution in [0.4, 0.5) is 4.39 Å². The highest BCUT2D eigenvalue weighted by molar-refractivity contribution is 5.82. The minimum absolute atomic E-state index is 0.0819. The van der Waals surface area contributed by atoms with Gasteiger partial charge in [-0.2, -0.15) is 0 Å². The summed E-state index contributed by atoms with van der Waals surface area (Å²) >= 11 is 0. The first-order chi connectivity index (χ1) is 12.7. The van der Waals surface area contributed by atoms with Crippen molar-refractivity contribution in [2.45, 2.75) is 38.5 Å². The highest BCUT2D eigenvalue weighted by atomic mass is 19.1. The Bertz CT molecular complexity index is 722. The second-order valence-corrected chi connectivity index (χ2v) is 6.77. The third-order valence-corrected chi connectivity index (χ3v) is 4.77. The van der Waals surface area contributed by atoms with Crippen molar-refractivity contribution in [1.29, 1.82) is 0 Å². The minimum atomic E-state index is -0.221. The quantitative estimate of drug-likeness (QED) is 0.803. The molecule has 4 nitrogen and oxygen atoms in total. The van der Waals surface area contributed by atoms with E-state index in [1.807, 2.05) is 31.2 Å². The number of carbonyl (C=O) groups is 1. The van der Waals surface area contributed by atoms with E-state index in [0.29, 0.717) is 13.1 Å². The largest absolute Gasteiger partial charge is 0.355 e. The Morgan fingerprint density at radius 3 is 2.65 bits per heavy atom. The standard InChI is InChI=1S/C21H26FN3O/c1-2-23-21(26)20-12-19(24-13-17-9-6-10-18(22)11-17)15-25(20)14-16-7-4-3-5-8-16/h3-11,19-20,24H,2,12-15H2,1H3,(H,23,26)/t19-,20+/m1/s1. The zero-order valence-corrected chi connectivity index (χ0v) is 15.1. The number of halogens is 1. The van der Waals surface area contributed by atoms with Crippen molar-refractivity contribution < 1.29 is 9.18 Å². The summed E-state index contributed by atoms with van der Waals surface area (Å²) in [4.78, 5) is 14.7. The van der Waals surface area contributed by atoms with Gasteiger partial charge in [-0.05, 0) is 36.6 Å². The van der Waals surface area contributed by atoms with Crippen LogP contribution in [0.25, 0.3) is 0 Å². The van der Waals surface area contributed by atoms with Gasteiger partial charge in [0.1, 0.15) is 5.82 Å². The number of likely N-dealkylation sites (N-methyl/N-ethyl adjacent to an activating group) is 1. The molecular formula is C21H26FN3O. The fraction of sp³-hybridized carbons (Fsp3) is 0.381. The van der Waals surface area contributed by atoms with Gasteiger partial charge in [-0.1, -0.05) is 42.5 Å². The molecule has 1 heterocycles. The fourth-order valence-electron chi connectivity index (χ4n) is 3.52. The molecule has 138 valence electrons. The molecule has 2 N–H and O–H groups in total. The van der Waals surface area contributed by atoms with E-state index in [4.69, 9.17) is 0 Å². The van der Waals surface area contributed by atoms with Crippen molar-refractivity contribution in [3.8, 4) is 0 Å². The first-order valence-corrected chi connectivity index (χ1v) is 9.19. The molecule has 2 aromatic rings. The number of hydrogen-bond acceptors (Lipinski definition) is 3. The highest BCUT2D eigenvalue weighted by Crippen LogP contribution is 2.21. The lowest BCUT2D eigenvalue weighted by Crippen LogP contribution is -2.42. The Morgan fingerprint density at radius 2 is 1.92 bits per heavy atom. The maximum absolute atomic E-state index is 13.3. The van der Waals surface area contributed by atoms with Gasteiger partial charge in [0.15, 0.2) is 0 Å². The average molecular weight is 355 g/mol. The van der Waals surface area contributed by atoms with Gasteiger partial charge in [0.25, 0.3) is 0 Å². The lowest BCUT2D eigenvalue weighted by Gasteiger charge is -2.23. The summed E-state index contributed by atoms with van der Waals surface area (Å²) < 4.78 is 13.3. The molecular weight excluding hydrogens is 329 g/mol. The molecule has 2 aromatic carbocycles. The molecule has 0 aromatic heterocycles. The minimum Gasteiger partial charge on any atom is -0.355 e. The lowest BCUT2D eigenvalue weighted by molar-refractivity contribution is -0.125. The first-order valence-electron chi connectivity index (χ1n) is 9.19. The van der Waals surface area contributed by atoms with Crippen LogP contribution in [0.5, 0.6) is 0 Å². The second kappa shape index (κ2) is 8.92. The third-order valence-electron chi connectivity index (χ3n) is 4.77. The average Bonchev–Trinajstić information content (AvgIpc) is 3.04. The van der Waals surface area contributed by atoms with Gasteiger partial charge in [0, 0.05) is 32.2 Å². The van der Waals surface area contributed by atoms with Gasteiger partial charge in [-0.3, -0.25) is 9.69 Å². The van der Waals surface area contributed by atoms with E-state index in [9.17, 15) is 9.18 Å². The number of amides is 1. The van der Waals surface area contributed by atoms with E-state index in [2.05, 4.69) is 27.7 Å². The zero-order valence-electron chi connectivity index (χ0n) is 15.1. The molecule has 1 aliphatic heterocycles. The molecule has 0 radical (unpaired) electrons. The number of hydrogen-bond donors (Lipinski definition) is 2. The molecule has 26 heavy (non-hydrogen) atoms. The number of nitrogens with one attached hydrogen (secondary N) is 2. The van der Waals surface area contributed by atoms with Gasteiger partial charge >= 0.3 is 0 Å². The molecule has 2 atom stereocenters. The monoisotopic (exact) mass is 355 g/mol. The van der Waals surface area contributed by atoms with E-state index >= 15 is 0 Å². The van der Waals surface area contributed by atoms with Gasteiger partial charge in [-0.15, -0.1) is 0 Å². The van der Waals surface area contributed by atoms with Crippen LogP contribution in [0.3, 0.4) is 0 Å². The number of nitrogens with zero attached hydrogens (tertiary/aromatic N) is 1. The van der Waals surface area contributed by atoms with Crippen molar-refractivity contribution in [3.05, 3.63) is 71.5 Å². The van der Waals surface area contributed by atoms with Crippen molar-refractivity contribution in [2.75, 3.05) is 13.1 Å². The van der Waals surface area contributed by atoms with Crippen LogP contribution < -0.4 is 10.6 Å². The molecule has 1 fully saturated rings. The molecule has 1 aliphatic rings. The summed E-state index contributed by atoms with van der Waals surface area (Å²) in [5.41, 5.74) is 2.12. The van der Waals surface area contributed by atoms with Gasteiger partial charge in [0.05, 0.1) is 6.04 Å².